The first-order valence-corrected chi connectivity index (χ1v) is 7.19. The van der Waals surface area contributed by atoms with E-state index >= 15 is 0 Å². The fourth-order valence-electron chi connectivity index (χ4n) is 2.70. The van der Waals surface area contributed by atoms with Crippen molar-refractivity contribution in [2.24, 2.45) is 11.3 Å². The third-order valence-corrected chi connectivity index (χ3v) is 3.62. The van der Waals surface area contributed by atoms with Crippen molar-refractivity contribution >= 4 is 11.9 Å². The van der Waals surface area contributed by atoms with Gasteiger partial charge in [0.15, 0.2) is 5.41 Å². The molecule has 20 heavy (non-hydrogen) atoms. The Bertz CT molecular complexity index is 354. The lowest BCUT2D eigenvalue weighted by Gasteiger charge is -2.29. The predicted octanol–water partition coefficient (Wildman–Crippen LogP) is 1.84. The summed E-state index contributed by atoms with van der Waals surface area (Å²) in [6.45, 7) is 5.51. The third-order valence-electron chi connectivity index (χ3n) is 3.62. The molecular formula is C15H24O5. The van der Waals surface area contributed by atoms with E-state index in [2.05, 4.69) is 0 Å². The number of esters is 2. The number of aliphatic hydroxyl groups excluding tert-OH is 1. The molecule has 0 aliphatic heterocycles. The predicted molar refractivity (Wildman–Crippen MR) is 73.9 cm³/mol. The maximum absolute atomic E-state index is 12.3. The van der Waals surface area contributed by atoms with Crippen molar-refractivity contribution in [3.63, 3.8) is 0 Å². The van der Waals surface area contributed by atoms with E-state index in [1.54, 1.807) is 32.9 Å². The molecule has 1 aliphatic rings. The minimum absolute atomic E-state index is 0.229. The largest absolute Gasteiger partial charge is 0.465 e. The van der Waals surface area contributed by atoms with Gasteiger partial charge in [-0.05, 0) is 33.6 Å². The SMILES string of the molecule is CCOC(=O)C1(C(=O)OCC)CCC[C@@H]1/C=C\C(C)O. The molecule has 0 aromatic rings. The molecule has 1 saturated carbocycles. The molecule has 0 bridgehead atoms. The number of rotatable bonds is 6. The smallest absolute Gasteiger partial charge is 0.324 e. The summed E-state index contributed by atoms with van der Waals surface area (Å²) in [7, 11) is 0. The van der Waals surface area contributed by atoms with Crippen LogP contribution in [0.3, 0.4) is 0 Å². The highest BCUT2D eigenvalue weighted by Gasteiger charge is 2.56. The van der Waals surface area contributed by atoms with Crippen molar-refractivity contribution in [3.8, 4) is 0 Å². The lowest BCUT2D eigenvalue weighted by molar-refractivity contribution is -0.173. The Morgan fingerprint density at radius 2 is 1.85 bits per heavy atom. The molecule has 1 unspecified atom stereocenters. The van der Waals surface area contributed by atoms with E-state index in [-0.39, 0.29) is 19.1 Å². The van der Waals surface area contributed by atoms with Crippen LogP contribution in [0.1, 0.15) is 40.0 Å². The van der Waals surface area contributed by atoms with Gasteiger partial charge in [0, 0.05) is 5.92 Å². The van der Waals surface area contributed by atoms with Crippen molar-refractivity contribution < 1.29 is 24.2 Å². The van der Waals surface area contributed by atoms with Crippen LogP contribution in [-0.2, 0) is 19.1 Å². The molecule has 0 radical (unpaired) electrons. The van der Waals surface area contributed by atoms with Crippen LogP contribution in [0.2, 0.25) is 0 Å². The van der Waals surface area contributed by atoms with Gasteiger partial charge in [0.1, 0.15) is 0 Å². The number of carbonyl (C=O) groups is 2. The number of allylic oxidation sites excluding steroid dienone is 1. The van der Waals surface area contributed by atoms with Crippen molar-refractivity contribution in [1.29, 1.82) is 0 Å². The summed E-state index contributed by atoms with van der Waals surface area (Å²) in [6, 6.07) is 0. The number of hydrogen-bond acceptors (Lipinski definition) is 5. The third kappa shape index (κ3) is 3.39. The topological polar surface area (TPSA) is 72.8 Å². The lowest BCUT2D eigenvalue weighted by Crippen LogP contribution is -2.44. The van der Waals surface area contributed by atoms with Gasteiger partial charge >= 0.3 is 11.9 Å². The molecule has 0 saturated heterocycles. The van der Waals surface area contributed by atoms with Crippen LogP contribution < -0.4 is 0 Å². The number of aliphatic hydroxyl groups is 1. The van der Waals surface area contributed by atoms with Crippen molar-refractivity contribution in [3.05, 3.63) is 12.2 Å². The Morgan fingerprint density at radius 3 is 2.30 bits per heavy atom. The molecule has 0 aromatic carbocycles. The van der Waals surface area contributed by atoms with Crippen LogP contribution in [0.25, 0.3) is 0 Å². The molecule has 0 aromatic heterocycles. The second-order valence-corrected chi connectivity index (χ2v) is 5.04. The minimum atomic E-state index is -1.25. The van der Waals surface area contributed by atoms with Crippen LogP contribution in [0.15, 0.2) is 12.2 Å². The first-order valence-electron chi connectivity index (χ1n) is 7.19. The Balaban J connectivity index is 3.07. The van der Waals surface area contributed by atoms with Gasteiger partial charge < -0.3 is 14.6 Å². The second-order valence-electron chi connectivity index (χ2n) is 5.04. The first kappa shape index (κ1) is 16.7. The van der Waals surface area contributed by atoms with Gasteiger partial charge in [-0.2, -0.15) is 0 Å². The molecule has 5 nitrogen and oxygen atoms in total. The normalized spacial score (nSPS) is 22.7. The summed E-state index contributed by atoms with van der Waals surface area (Å²) < 4.78 is 10.2. The minimum Gasteiger partial charge on any atom is -0.465 e. The first-order chi connectivity index (χ1) is 9.48. The van der Waals surface area contributed by atoms with Gasteiger partial charge in [0.05, 0.1) is 19.3 Å². The highest BCUT2D eigenvalue weighted by Crippen LogP contribution is 2.46. The molecule has 1 rings (SSSR count). The Kier molecular flexibility index (Phi) is 6.20. The zero-order valence-electron chi connectivity index (χ0n) is 12.4. The van der Waals surface area contributed by atoms with Crippen LogP contribution >= 0.6 is 0 Å². The zero-order chi connectivity index (χ0) is 15.2. The monoisotopic (exact) mass is 284 g/mol. The Hall–Kier alpha value is -1.36. The summed E-state index contributed by atoms with van der Waals surface area (Å²) in [5.74, 6) is -1.32. The van der Waals surface area contributed by atoms with Gasteiger partial charge in [-0.25, -0.2) is 0 Å². The summed E-state index contributed by atoms with van der Waals surface area (Å²) in [5, 5.41) is 9.35. The Labute approximate surface area is 119 Å². The summed E-state index contributed by atoms with van der Waals surface area (Å²) in [6.07, 6.45) is 4.62. The summed E-state index contributed by atoms with van der Waals surface area (Å²) in [5.41, 5.74) is -1.25. The summed E-state index contributed by atoms with van der Waals surface area (Å²) >= 11 is 0. The fourth-order valence-corrected chi connectivity index (χ4v) is 2.70. The highest BCUT2D eigenvalue weighted by atomic mass is 16.6. The van der Waals surface area contributed by atoms with E-state index in [0.29, 0.717) is 12.8 Å². The maximum atomic E-state index is 12.3. The van der Waals surface area contributed by atoms with Gasteiger partial charge in [-0.3, -0.25) is 9.59 Å². The molecule has 1 aliphatic carbocycles. The van der Waals surface area contributed by atoms with Gasteiger partial charge in [0.25, 0.3) is 0 Å². The molecule has 0 spiro atoms. The van der Waals surface area contributed by atoms with E-state index < -0.39 is 23.5 Å². The molecule has 1 N–H and O–H groups in total. The number of ether oxygens (including phenoxy) is 2. The van der Waals surface area contributed by atoms with Crippen molar-refractivity contribution in [2.45, 2.75) is 46.1 Å². The number of carbonyl (C=O) groups excluding carboxylic acids is 2. The van der Waals surface area contributed by atoms with E-state index in [1.807, 2.05) is 0 Å². The van der Waals surface area contributed by atoms with Crippen molar-refractivity contribution in [1.82, 2.24) is 0 Å². The molecular weight excluding hydrogens is 260 g/mol. The number of hydrogen-bond donors (Lipinski definition) is 1. The average Bonchev–Trinajstić information content (AvgIpc) is 2.81. The maximum Gasteiger partial charge on any atom is 0.324 e. The van der Waals surface area contributed by atoms with Crippen molar-refractivity contribution in [2.75, 3.05) is 13.2 Å². The Morgan fingerprint density at radius 1 is 1.30 bits per heavy atom. The fraction of sp³-hybridized carbons (Fsp3) is 0.733. The van der Waals surface area contributed by atoms with Gasteiger partial charge in [-0.15, -0.1) is 0 Å². The lowest BCUT2D eigenvalue weighted by atomic mass is 9.77. The van der Waals surface area contributed by atoms with E-state index in [0.717, 1.165) is 6.42 Å². The van der Waals surface area contributed by atoms with E-state index in [1.165, 1.54) is 0 Å². The molecule has 2 atom stereocenters. The molecule has 0 amide bonds. The van der Waals surface area contributed by atoms with Crippen LogP contribution in [-0.4, -0.2) is 36.4 Å². The van der Waals surface area contributed by atoms with E-state index in [4.69, 9.17) is 9.47 Å². The van der Waals surface area contributed by atoms with Crippen LogP contribution in [0, 0.1) is 11.3 Å². The van der Waals surface area contributed by atoms with Gasteiger partial charge in [0.2, 0.25) is 0 Å². The second kappa shape index (κ2) is 7.43. The van der Waals surface area contributed by atoms with E-state index in [9.17, 15) is 14.7 Å². The molecule has 5 heteroatoms. The van der Waals surface area contributed by atoms with Crippen LogP contribution in [0.5, 0.6) is 0 Å². The average molecular weight is 284 g/mol. The molecule has 0 heterocycles. The quantitative estimate of drug-likeness (QED) is 0.458. The molecule has 114 valence electrons. The highest BCUT2D eigenvalue weighted by molar-refractivity contribution is 6.01. The standard InChI is InChI=1S/C15H24O5/c1-4-19-13(17)15(14(18)20-5-2)10-6-7-12(15)9-8-11(3)16/h8-9,11-12,16H,4-7,10H2,1-3H3/b9-8-/t11?,12-/m1/s1. The summed E-state index contributed by atoms with van der Waals surface area (Å²) in [4.78, 5) is 24.6. The molecule has 1 fully saturated rings. The van der Waals surface area contributed by atoms with Gasteiger partial charge in [-0.1, -0.05) is 18.6 Å². The zero-order valence-corrected chi connectivity index (χ0v) is 12.4. The van der Waals surface area contributed by atoms with Crippen LogP contribution in [0.4, 0.5) is 0 Å².